The molecule has 3 nitrogen and oxygen atoms in total. The van der Waals surface area contributed by atoms with Crippen LogP contribution in [0.1, 0.15) is 16.1 Å². The molecule has 0 aliphatic carbocycles. The van der Waals surface area contributed by atoms with Gasteiger partial charge in [0.2, 0.25) is 0 Å². The topological polar surface area (TPSA) is 34.4 Å². The molecule has 0 bridgehead atoms. The van der Waals surface area contributed by atoms with E-state index in [1.165, 1.54) is 0 Å². The van der Waals surface area contributed by atoms with E-state index >= 15 is 0 Å². The van der Waals surface area contributed by atoms with Gasteiger partial charge in [0.05, 0.1) is 11.4 Å². The summed E-state index contributed by atoms with van der Waals surface area (Å²) in [6.07, 6.45) is 5.42. The van der Waals surface area contributed by atoms with Gasteiger partial charge in [-0.3, -0.25) is 9.20 Å². The predicted octanol–water partition coefficient (Wildman–Crippen LogP) is 5.72. The summed E-state index contributed by atoms with van der Waals surface area (Å²) >= 11 is 5.01. The van der Waals surface area contributed by atoms with E-state index in [9.17, 15) is 4.79 Å². The monoisotopic (exact) mass is 408 g/mol. The molecule has 2 heterocycles. The number of nitrogens with zero attached hydrogens (tertiary/aromatic N) is 2. The highest BCUT2D eigenvalue weighted by Gasteiger charge is 2.13. The molecule has 4 aromatic rings. The number of fused-ring (bicyclic) bond motifs is 1. The lowest BCUT2D eigenvalue weighted by Crippen LogP contribution is -1.95. The third-order valence-electron chi connectivity index (χ3n) is 3.88. The van der Waals surface area contributed by atoms with Gasteiger partial charge in [0.25, 0.3) is 0 Å². The minimum Gasteiger partial charge on any atom is -0.290 e. The van der Waals surface area contributed by atoms with Crippen LogP contribution in [0.25, 0.3) is 22.3 Å². The molecular formula is C20H13BrN2OS. The smallest absolute Gasteiger partial charge is 0.194 e. The van der Waals surface area contributed by atoms with Crippen LogP contribution in [0.15, 0.2) is 76.7 Å². The molecule has 0 N–H and O–H groups in total. The normalized spacial score (nSPS) is 11.4. The van der Waals surface area contributed by atoms with Crippen molar-refractivity contribution in [1.82, 2.24) is 9.38 Å². The van der Waals surface area contributed by atoms with Gasteiger partial charge in [0, 0.05) is 27.2 Å². The fourth-order valence-electron chi connectivity index (χ4n) is 2.68. The van der Waals surface area contributed by atoms with Gasteiger partial charge in [-0.1, -0.05) is 58.4 Å². The summed E-state index contributed by atoms with van der Waals surface area (Å²) in [6.45, 7) is 0. The average Bonchev–Trinajstić information content (AvgIpc) is 3.22. The Balaban J connectivity index is 1.77. The van der Waals surface area contributed by atoms with Crippen LogP contribution in [0.3, 0.4) is 0 Å². The number of hydrogen-bond acceptors (Lipinski definition) is 3. The van der Waals surface area contributed by atoms with Gasteiger partial charge < -0.3 is 0 Å². The van der Waals surface area contributed by atoms with Crippen LogP contribution in [-0.2, 0) is 0 Å². The van der Waals surface area contributed by atoms with E-state index in [0.29, 0.717) is 5.56 Å². The SMILES string of the molecule is O=C(/C=C/c1c(-c2ccccc2)nc2sccn12)c1ccccc1Br. The molecule has 0 aliphatic rings. The largest absolute Gasteiger partial charge is 0.290 e. The average molecular weight is 409 g/mol. The number of allylic oxidation sites excluding steroid dienone is 1. The number of hydrogen-bond donors (Lipinski definition) is 0. The molecule has 0 unspecified atom stereocenters. The molecule has 0 saturated carbocycles. The van der Waals surface area contributed by atoms with Gasteiger partial charge in [0.15, 0.2) is 10.7 Å². The molecule has 2 aromatic carbocycles. The summed E-state index contributed by atoms with van der Waals surface area (Å²) in [5, 5.41) is 1.99. The molecule has 0 aliphatic heterocycles. The number of carbonyl (C=O) groups excluding carboxylic acids is 1. The first-order valence-electron chi connectivity index (χ1n) is 7.72. The predicted molar refractivity (Wildman–Crippen MR) is 106 cm³/mol. The van der Waals surface area contributed by atoms with E-state index in [-0.39, 0.29) is 5.78 Å². The lowest BCUT2D eigenvalue weighted by Gasteiger charge is -2.01. The van der Waals surface area contributed by atoms with Gasteiger partial charge in [0.1, 0.15) is 0 Å². The lowest BCUT2D eigenvalue weighted by molar-refractivity contribution is 0.104. The van der Waals surface area contributed by atoms with Crippen LogP contribution in [0, 0.1) is 0 Å². The highest BCUT2D eigenvalue weighted by atomic mass is 79.9. The van der Waals surface area contributed by atoms with Gasteiger partial charge in [-0.05, 0) is 24.3 Å². The number of thiazole rings is 1. The van der Waals surface area contributed by atoms with E-state index in [0.717, 1.165) is 26.4 Å². The minimum absolute atomic E-state index is 0.0448. The fraction of sp³-hybridized carbons (Fsp3) is 0. The summed E-state index contributed by atoms with van der Waals surface area (Å²) in [5.74, 6) is -0.0448. The third-order valence-corrected chi connectivity index (χ3v) is 5.33. The first-order chi connectivity index (χ1) is 12.2. The molecule has 0 saturated heterocycles. The maximum atomic E-state index is 12.5. The van der Waals surface area contributed by atoms with E-state index in [1.54, 1.807) is 17.4 Å². The first-order valence-corrected chi connectivity index (χ1v) is 9.39. The van der Waals surface area contributed by atoms with Gasteiger partial charge in [-0.25, -0.2) is 4.98 Å². The van der Waals surface area contributed by atoms with Gasteiger partial charge >= 0.3 is 0 Å². The van der Waals surface area contributed by atoms with Crippen LogP contribution in [-0.4, -0.2) is 15.2 Å². The second kappa shape index (κ2) is 6.78. The highest BCUT2D eigenvalue weighted by molar-refractivity contribution is 9.10. The third kappa shape index (κ3) is 3.08. The van der Waals surface area contributed by atoms with Crippen molar-refractivity contribution in [3.05, 3.63) is 88.0 Å². The van der Waals surface area contributed by atoms with Crippen LogP contribution < -0.4 is 0 Å². The maximum absolute atomic E-state index is 12.5. The Hall–Kier alpha value is -2.50. The summed E-state index contributed by atoms with van der Waals surface area (Å²) in [5.41, 5.74) is 3.46. The number of rotatable bonds is 4. The second-order valence-corrected chi connectivity index (χ2v) is 7.17. The van der Waals surface area contributed by atoms with E-state index in [1.807, 2.05) is 76.7 Å². The molecule has 0 radical (unpaired) electrons. The Morgan fingerprint density at radius 3 is 2.64 bits per heavy atom. The number of halogens is 1. The summed E-state index contributed by atoms with van der Waals surface area (Å²) < 4.78 is 2.80. The Labute approximate surface area is 157 Å². The molecule has 2 aromatic heterocycles. The number of ketones is 1. The molecule has 0 atom stereocenters. The maximum Gasteiger partial charge on any atom is 0.194 e. The molecule has 5 heteroatoms. The van der Waals surface area contributed by atoms with Crippen molar-refractivity contribution in [3.63, 3.8) is 0 Å². The van der Waals surface area contributed by atoms with Crippen molar-refractivity contribution < 1.29 is 4.79 Å². The Morgan fingerprint density at radius 1 is 1.08 bits per heavy atom. The first kappa shape index (κ1) is 16.0. The van der Waals surface area contributed by atoms with Crippen molar-refractivity contribution in [1.29, 1.82) is 0 Å². The minimum atomic E-state index is -0.0448. The molecule has 122 valence electrons. The number of aromatic nitrogens is 2. The van der Waals surface area contributed by atoms with Crippen molar-refractivity contribution in [2.75, 3.05) is 0 Å². The highest BCUT2D eigenvalue weighted by Crippen LogP contribution is 2.28. The molecule has 0 fully saturated rings. The molecule has 25 heavy (non-hydrogen) atoms. The van der Waals surface area contributed by atoms with Gasteiger partial charge in [-0.15, -0.1) is 11.3 Å². The van der Waals surface area contributed by atoms with Crippen molar-refractivity contribution >= 4 is 44.1 Å². The molecule has 0 amide bonds. The second-order valence-electron chi connectivity index (χ2n) is 5.44. The van der Waals surface area contributed by atoms with Crippen molar-refractivity contribution in [2.45, 2.75) is 0 Å². The molecular weight excluding hydrogens is 396 g/mol. The van der Waals surface area contributed by atoms with Gasteiger partial charge in [-0.2, -0.15) is 0 Å². The Kier molecular flexibility index (Phi) is 4.34. The summed E-state index contributed by atoms with van der Waals surface area (Å²) in [7, 11) is 0. The zero-order chi connectivity index (χ0) is 17.2. The number of imidazole rings is 1. The molecule has 4 rings (SSSR count). The Bertz CT molecular complexity index is 1080. The Morgan fingerprint density at radius 2 is 1.84 bits per heavy atom. The van der Waals surface area contributed by atoms with Crippen LogP contribution in [0.4, 0.5) is 0 Å². The lowest BCUT2D eigenvalue weighted by atomic mass is 10.1. The van der Waals surface area contributed by atoms with Crippen molar-refractivity contribution in [3.8, 4) is 11.3 Å². The molecule has 0 spiro atoms. The van der Waals surface area contributed by atoms with Crippen LogP contribution in [0.5, 0.6) is 0 Å². The van der Waals surface area contributed by atoms with Crippen LogP contribution in [0.2, 0.25) is 0 Å². The zero-order valence-corrected chi connectivity index (χ0v) is 15.5. The summed E-state index contributed by atoms with van der Waals surface area (Å²) in [6, 6.07) is 17.4. The standard InChI is InChI=1S/C20H13BrN2OS/c21-16-9-5-4-8-15(16)18(24)11-10-17-19(14-6-2-1-3-7-14)22-20-23(17)12-13-25-20/h1-13H/b11-10+. The quantitative estimate of drug-likeness (QED) is 0.319. The zero-order valence-electron chi connectivity index (χ0n) is 13.1. The fourth-order valence-corrected chi connectivity index (χ4v) is 3.88. The van der Waals surface area contributed by atoms with E-state index in [4.69, 9.17) is 4.98 Å². The number of benzene rings is 2. The number of carbonyl (C=O) groups is 1. The van der Waals surface area contributed by atoms with Crippen LogP contribution >= 0.6 is 27.3 Å². The van der Waals surface area contributed by atoms with Crippen molar-refractivity contribution in [2.24, 2.45) is 0 Å². The van der Waals surface area contributed by atoms with E-state index < -0.39 is 0 Å². The van der Waals surface area contributed by atoms with E-state index in [2.05, 4.69) is 15.9 Å². The summed E-state index contributed by atoms with van der Waals surface area (Å²) in [4.78, 5) is 18.2.